The van der Waals surface area contributed by atoms with Gasteiger partial charge in [-0.15, -0.1) is 0 Å². The van der Waals surface area contributed by atoms with Crippen molar-refractivity contribution in [3.05, 3.63) is 64.1 Å². The van der Waals surface area contributed by atoms with Gasteiger partial charge in [0.05, 0.1) is 11.6 Å². The van der Waals surface area contributed by atoms with E-state index >= 15 is 0 Å². The molecule has 5 nitrogen and oxygen atoms in total. The minimum atomic E-state index is -0.445. The number of nitrogens with zero attached hydrogens (tertiary/aromatic N) is 1. The molecule has 0 atom stereocenters. The van der Waals surface area contributed by atoms with Crippen LogP contribution in [0.2, 0.25) is 0 Å². The first-order valence-corrected chi connectivity index (χ1v) is 7.56. The van der Waals surface area contributed by atoms with Crippen LogP contribution < -0.4 is 5.32 Å². The van der Waals surface area contributed by atoms with Crippen LogP contribution in [0.4, 0.5) is 5.69 Å². The predicted octanol–water partition coefficient (Wildman–Crippen LogP) is 3.66. The molecule has 116 valence electrons. The first-order valence-electron chi connectivity index (χ1n) is 6.77. The fraction of sp³-hybridized carbons (Fsp3) is 0.118. The molecular weight excluding hydrogens is 360 g/mol. The minimum Gasteiger partial charge on any atom is -0.457 e. The van der Waals surface area contributed by atoms with E-state index in [1.807, 2.05) is 24.3 Å². The molecule has 1 N–H and O–H groups in total. The molecule has 0 radical (unpaired) electrons. The van der Waals surface area contributed by atoms with Crippen molar-refractivity contribution in [3.63, 3.8) is 0 Å². The molecule has 0 fully saturated rings. The number of benzene rings is 2. The maximum atomic E-state index is 12.0. The molecule has 0 unspecified atom stereocenters. The first-order chi connectivity index (χ1) is 11.1. The molecule has 0 saturated heterocycles. The average molecular weight is 373 g/mol. The summed E-state index contributed by atoms with van der Waals surface area (Å²) in [5.74, 6) is -0.836. The number of halogens is 1. The van der Waals surface area contributed by atoms with E-state index in [0.29, 0.717) is 11.3 Å². The Hall–Kier alpha value is -2.65. The summed E-state index contributed by atoms with van der Waals surface area (Å²) in [7, 11) is 0. The van der Waals surface area contributed by atoms with Gasteiger partial charge in [-0.3, -0.25) is 4.79 Å². The van der Waals surface area contributed by atoms with E-state index in [9.17, 15) is 9.59 Å². The van der Waals surface area contributed by atoms with Crippen LogP contribution in [0, 0.1) is 11.3 Å². The Kier molecular flexibility index (Phi) is 5.89. The largest absolute Gasteiger partial charge is 0.457 e. The number of rotatable bonds is 5. The third-order valence-corrected chi connectivity index (χ3v) is 3.40. The van der Waals surface area contributed by atoms with Gasteiger partial charge >= 0.3 is 5.97 Å². The van der Waals surface area contributed by atoms with Crippen molar-refractivity contribution in [2.45, 2.75) is 13.0 Å². The van der Waals surface area contributed by atoms with Gasteiger partial charge in [0, 0.05) is 10.2 Å². The van der Waals surface area contributed by atoms with E-state index in [1.54, 1.807) is 30.3 Å². The molecule has 0 saturated carbocycles. The quantitative estimate of drug-likeness (QED) is 0.812. The maximum Gasteiger partial charge on any atom is 0.338 e. The third kappa shape index (κ3) is 5.24. The predicted molar refractivity (Wildman–Crippen MR) is 88.6 cm³/mol. The van der Waals surface area contributed by atoms with E-state index in [2.05, 4.69) is 21.2 Å². The molecule has 6 heteroatoms. The van der Waals surface area contributed by atoms with Gasteiger partial charge in [-0.1, -0.05) is 28.1 Å². The number of amides is 1. The summed E-state index contributed by atoms with van der Waals surface area (Å²) in [5, 5.41) is 11.0. The second-order valence-electron chi connectivity index (χ2n) is 4.67. The zero-order chi connectivity index (χ0) is 16.7. The van der Waals surface area contributed by atoms with Gasteiger partial charge in [0.25, 0.3) is 0 Å². The maximum absolute atomic E-state index is 12.0. The van der Waals surface area contributed by atoms with Crippen LogP contribution in [0.15, 0.2) is 53.0 Å². The van der Waals surface area contributed by atoms with E-state index in [4.69, 9.17) is 10.00 Å². The van der Waals surface area contributed by atoms with Crippen LogP contribution in [-0.2, 0) is 16.1 Å². The van der Waals surface area contributed by atoms with Crippen molar-refractivity contribution in [2.24, 2.45) is 0 Å². The summed E-state index contributed by atoms with van der Waals surface area (Å²) >= 11 is 3.36. The Morgan fingerprint density at radius 1 is 1.17 bits per heavy atom. The number of anilines is 1. The topological polar surface area (TPSA) is 79.2 Å². The normalized spacial score (nSPS) is 9.74. The fourth-order valence-corrected chi connectivity index (χ4v) is 2.27. The van der Waals surface area contributed by atoms with Crippen molar-refractivity contribution in [2.75, 3.05) is 5.32 Å². The smallest absolute Gasteiger partial charge is 0.338 e. The van der Waals surface area contributed by atoms with Crippen molar-refractivity contribution in [1.29, 1.82) is 5.26 Å². The molecular formula is C17H13BrN2O3. The van der Waals surface area contributed by atoms with Crippen LogP contribution in [0.25, 0.3) is 0 Å². The van der Waals surface area contributed by atoms with Crippen molar-refractivity contribution in [1.82, 2.24) is 0 Å². The number of carbonyl (C=O) groups is 2. The number of hydrogen-bond acceptors (Lipinski definition) is 4. The number of carbonyl (C=O) groups excluding carboxylic acids is 2. The highest BCUT2D eigenvalue weighted by atomic mass is 79.9. The number of nitrogens with one attached hydrogen (secondary N) is 1. The Labute approximate surface area is 142 Å². The Bertz CT molecular complexity index is 751. The molecule has 0 aromatic heterocycles. The molecule has 23 heavy (non-hydrogen) atoms. The zero-order valence-electron chi connectivity index (χ0n) is 12.1. The van der Waals surface area contributed by atoms with E-state index in [0.717, 1.165) is 10.0 Å². The molecule has 0 aliphatic rings. The molecule has 0 spiro atoms. The van der Waals surface area contributed by atoms with Gasteiger partial charge in [-0.05, 0) is 42.0 Å². The minimum absolute atomic E-state index is 0.179. The second-order valence-corrected chi connectivity index (χ2v) is 5.58. The van der Waals surface area contributed by atoms with Crippen molar-refractivity contribution in [3.8, 4) is 6.07 Å². The summed E-state index contributed by atoms with van der Waals surface area (Å²) in [5.41, 5.74) is 1.79. The van der Waals surface area contributed by atoms with Crippen molar-refractivity contribution < 1.29 is 14.3 Å². The lowest BCUT2D eigenvalue weighted by Gasteiger charge is -2.07. The number of nitriles is 1. The Morgan fingerprint density at radius 2 is 1.91 bits per heavy atom. The molecule has 2 rings (SSSR count). The SMILES string of the molecule is N#CCC(=O)Nc1ccc(C(=O)OCc2cccc(Br)c2)cc1. The molecule has 0 heterocycles. The van der Waals surface area contributed by atoms with Crippen LogP contribution in [0.1, 0.15) is 22.3 Å². The number of esters is 1. The van der Waals surface area contributed by atoms with Crippen LogP contribution in [0.5, 0.6) is 0 Å². The monoisotopic (exact) mass is 372 g/mol. The Balaban J connectivity index is 1.92. The van der Waals surface area contributed by atoms with E-state index < -0.39 is 11.9 Å². The Morgan fingerprint density at radius 3 is 2.57 bits per heavy atom. The summed E-state index contributed by atoms with van der Waals surface area (Å²) in [4.78, 5) is 23.3. The van der Waals surface area contributed by atoms with Gasteiger partial charge in [0.1, 0.15) is 13.0 Å². The van der Waals surface area contributed by atoms with Gasteiger partial charge in [0.15, 0.2) is 0 Å². The van der Waals surface area contributed by atoms with E-state index in [1.165, 1.54) is 0 Å². The van der Waals surface area contributed by atoms with E-state index in [-0.39, 0.29) is 13.0 Å². The number of hydrogen-bond donors (Lipinski definition) is 1. The summed E-state index contributed by atoms with van der Waals surface area (Å²) < 4.78 is 6.16. The zero-order valence-corrected chi connectivity index (χ0v) is 13.7. The summed E-state index contributed by atoms with van der Waals surface area (Å²) in [6.45, 7) is 0.179. The van der Waals surface area contributed by atoms with Gasteiger partial charge < -0.3 is 10.1 Å². The van der Waals surface area contributed by atoms with Crippen LogP contribution in [-0.4, -0.2) is 11.9 Å². The molecule has 2 aromatic rings. The molecule has 0 aliphatic carbocycles. The van der Waals surface area contributed by atoms with Gasteiger partial charge in [-0.2, -0.15) is 5.26 Å². The standard InChI is InChI=1S/C17H13BrN2O3/c18-14-3-1-2-12(10-14)11-23-17(22)13-4-6-15(7-5-13)20-16(21)8-9-19/h1-7,10H,8,11H2,(H,20,21). The lowest BCUT2D eigenvalue weighted by Crippen LogP contribution is -2.10. The first kappa shape index (κ1) is 16.7. The summed E-state index contributed by atoms with van der Waals surface area (Å²) in [6.07, 6.45) is -0.212. The second kappa shape index (κ2) is 8.11. The molecule has 2 aromatic carbocycles. The number of ether oxygens (including phenoxy) is 1. The summed E-state index contributed by atoms with van der Waals surface area (Å²) in [6, 6.07) is 15.6. The highest BCUT2D eigenvalue weighted by Crippen LogP contribution is 2.14. The molecule has 0 aliphatic heterocycles. The lowest BCUT2D eigenvalue weighted by molar-refractivity contribution is -0.115. The van der Waals surface area contributed by atoms with Crippen molar-refractivity contribution >= 4 is 33.5 Å². The fourth-order valence-electron chi connectivity index (χ4n) is 1.83. The molecule has 1 amide bonds. The molecule has 0 bridgehead atoms. The highest BCUT2D eigenvalue weighted by molar-refractivity contribution is 9.10. The third-order valence-electron chi connectivity index (χ3n) is 2.90. The lowest BCUT2D eigenvalue weighted by atomic mass is 10.2. The van der Waals surface area contributed by atoms with Gasteiger partial charge in [0.2, 0.25) is 5.91 Å². The van der Waals surface area contributed by atoms with Gasteiger partial charge in [-0.25, -0.2) is 4.79 Å². The highest BCUT2D eigenvalue weighted by Gasteiger charge is 2.08. The average Bonchev–Trinajstić information content (AvgIpc) is 2.53. The van der Waals surface area contributed by atoms with Crippen LogP contribution >= 0.6 is 15.9 Å². The van der Waals surface area contributed by atoms with Crippen LogP contribution in [0.3, 0.4) is 0 Å².